The van der Waals surface area contributed by atoms with Crippen LogP contribution in [0.4, 0.5) is 4.39 Å². The molecule has 1 aromatic rings. The fourth-order valence-corrected chi connectivity index (χ4v) is 1.82. The second-order valence-electron chi connectivity index (χ2n) is 4.57. The molecule has 1 aliphatic heterocycles. The highest BCUT2D eigenvalue weighted by molar-refractivity contribution is 5.96. The molecule has 0 radical (unpaired) electrons. The quantitative estimate of drug-likeness (QED) is 0.559. The number of carbonyl (C=O) groups is 1. The fraction of sp³-hybridized carbons (Fsp3) is 0.231. The van der Waals surface area contributed by atoms with Gasteiger partial charge in [-0.1, -0.05) is 12.1 Å². The predicted octanol–water partition coefficient (Wildman–Crippen LogP) is 0.658. The van der Waals surface area contributed by atoms with Gasteiger partial charge in [0, 0.05) is 25.2 Å². The Hall–Kier alpha value is -2.41. The van der Waals surface area contributed by atoms with Gasteiger partial charge in [0.2, 0.25) is 5.76 Å². The Morgan fingerprint density at radius 1 is 1.50 bits per heavy atom. The number of hydroxylamine groups is 1. The zero-order valence-electron chi connectivity index (χ0n) is 11.1. The number of hydrogen-bond donors (Lipinski definition) is 3. The Morgan fingerprint density at radius 2 is 2.20 bits per heavy atom. The van der Waals surface area contributed by atoms with Gasteiger partial charge in [-0.05, 0) is 12.1 Å². The van der Waals surface area contributed by atoms with Crippen LogP contribution in [0.15, 0.2) is 30.0 Å². The molecule has 6 nitrogen and oxygen atoms in total. The molecule has 0 aromatic heterocycles. The SMILES string of the molecule is CN(C)C(=N)c1ccc(C2C=C(C(N)=O)ON2)c(F)c1. The van der Waals surface area contributed by atoms with Crippen molar-refractivity contribution in [1.82, 2.24) is 10.4 Å². The van der Waals surface area contributed by atoms with Crippen molar-refractivity contribution in [2.75, 3.05) is 14.1 Å². The summed E-state index contributed by atoms with van der Waals surface area (Å²) in [5.41, 5.74) is 8.38. The Labute approximate surface area is 115 Å². The summed E-state index contributed by atoms with van der Waals surface area (Å²) in [6, 6.07) is 3.87. The van der Waals surface area contributed by atoms with Crippen LogP contribution in [0.25, 0.3) is 0 Å². The Kier molecular flexibility index (Phi) is 3.71. The van der Waals surface area contributed by atoms with Gasteiger partial charge in [0.1, 0.15) is 11.7 Å². The molecule has 2 rings (SSSR count). The van der Waals surface area contributed by atoms with Crippen LogP contribution in [0.5, 0.6) is 0 Å². The second kappa shape index (κ2) is 5.30. The molecule has 7 heteroatoms. The maximum atomic E-state index is 14.1. The van der Waals surface area contributed by atoms with Crippen molar-refractivity contribution in [2.45, 2.75) is 6.04 Å². The summed E-state index contributed by atoms with van der Waals surface area (Å²) in [6.45, 7) is 0. The van der Waals surface area contributed by atoms with Crippen LogP contribution >= 0.6 is 0 Å². The second-order valence-corrected chi connectivity index (χ2v) is 4.57. The summed E-state index contributed by atoms with van der Waals surface area (Å²) < 4.78 is 14.1. The van der Waals surface area contributed by atoms with E-state index >= 15 is 0 Å². The first kappa shape index (κ1) is 14.0. The molecular weight excluding hydrogens is 263 g/mol. The first-order valence-corrected chi connectivity index (χ1v) is 5.90. The topological polar surface area (TPSA) is 91.4 Å². The third-order valence-corrected chi connectivity index (χ3v) is 2.91. The van der Waals surface area contributed by atoms with E-state index in [1.807, 2.05) is 0 Å². The lowest BCUT2D eigenvalue weighted by Gasteiger charge is -2.15. The van der Waals surface area contributed by atoms with Gasteiger partial charge in [-0.25, -0.2) is 4.39 Å². The van der Waals surface area contributed by atoms with Crippen molar-refractivity contribution in [3.63, 3.8) is 0 Å². The number of rotatable bonds is 3. The largest absolute Gasteiger partial charge is 0.402 e. The minimum atomic E-state index is -0.716. The van der Waals surface area contributed by atoms with E-state index in [2.05, 4.69) is 5.48 Å². The lowest BCUT2D eigenvalue weighted by Crippen LogP contribution is -2.22. The number of amides is 1. The summed E-state index contributed by atoms with van der Waals surface area (Å²) in [5.74, 6) is -1.04. The van der Waals surface area contributed by atoms with E-state index < -0.39 is 17.8 Å². The van der Waals surface area contributed by atoms with Crippen molar-refractivity contribution >= 4 is 11.7 Å². The molecule has 0 saturated heterocycles. The summed E-state index contributed by atoms with van der Waals surface area (Å²) in [6.07, 6.45) is 1.41. The van der Waals surface area contributed by atoms with Gasteiger partial charge < -0.3 is 15.5 Å². The van der Waals surface area contributed by atoms with Crippen LogP contribution in [0, 0.1) is 11.2 Å². The van der Waals surface area contributed by atoms with Crippen LogP contribution in [-0.4, -0.2) is 30.7 Å². The fourth-order valence-electron chi connectivity index (χ4n) is 1.82. The Balaban J connectivity index is 2.28. The van der Waals surface area contributed by atoms with Crippen molar-refractivity contribution in [1.29, 1.82) is 5.41 Å². The molecule has 1 aromatic carbocycles. The zero-order valence-corrected chi connectivity index (χ0v) is 11.1. The normalized spacial score (nSPS) is 17.4. The summed E-state index contributed by atoms with van der Waals surface area (Å²) in [4.78, 5) is 17.4. The molecule has 1 unspecified atom stereocenters. The molecule has 4 N–H and O–H groups in total. The standard InChI is InChI=1S/C13H15FN4O2/c1-18(2)12(15)7-3-4-8(9(14)5-7)10-6-11(13(16)19)20-17-10/h3-6,10,15,17H,1-2H3,(H2,16,19). The molecule has 0 spiro atoms. The molecule has 20 heavy (non-hydrogen) atoms. The third-order valence-electron chi connectivity index (χ3n) is 2.91. The van der Waals surface area contributed by atoms with Crippen LogP contribution in [-0.2, 0) is 9.63 Å². The summed E-state index contributed by atoms with van der Waals surface area (Å²) in [5, 5.41) is 7.80. The highest BCUT2D eigenvalue weighted by Gasteiger charge is 2.24. The van der Waals surface area contributed by atoms with Crippen LogP contribution < -0.4 is 11.2 Å². The maximum absolute atomic E-state index is 14.1. The van der Waals surface area contributed by atoms with Gasteiger partial charge in [-0.15, -0.1) is 5.48 Å². The van der Waals surface area contributed by atoms with E-state index in [0.29, 0.717) is 11.1 Å². The number of carbonyl (C=O) groups excluding carboxylic acids is 1. The van der Waals surface area contributed by atoms with Crippen molar-refractivity contribution in [3.05, 3.63) is 47.0 Å². The average molecular weight is 278 g/mol. The molecule has 0 saturated carbocycles. The van der Waals surface area contributed by atoms with E-state index in [1.54, 1.807) is 31.1 Å². The third kappa shape index (κ3) is 2.62. The number of halogens is 1. The number of nitrogens with one attached hydrogen (secondary N) is 2. The predicted molar refractivity (Wildman–Crippen MR) is 71.2 cm³/mol. The molecule has 1 heterocycles. The number of amidine groups is 1. The van der Waals surface area contributed by atoms with Crippen LogP contribution in [0.1, 0.15) is 17.2 Å². The maximum Gasteiger partial charge on any atom is 0.286 e. The van der Waals surface area contributed by atoms with Gasteiger partial charge in [-0.2, -0.15) is 0 Å². The number of benzene rings is 1. The lowest BCUT2D eigenvalue weighted by molar-refractivity contribution is -0.118. The van der Waals surface area contributed by atoms with Crippen molar-refractivity contribution in [3.8, 4) is 0 Å². The van der Waals surface area contributed by atoms with E-state index in [0.717, 1.165) is 0 Å². The van der Waals surface area contributed by atoms with Gasteiger partial charge in [0.05, 0.1) is 6.04 Å². The van der Waals surface area contributed by atoms with Gasteiger partial charge >= 0.3 is 0 Å². The zero-order chi connectivity index (χ0) is 14.9. The summed E-state index contributed by atoms with van der Waals surface area (Å²) in [7, 11) is 3.42. The average Bonchev–Trinajstić information content (AvgIpc) is 2.87. The van der Waals surface area contributed by atoms with E-state index in [1.165, 1.54) is 12.1 Å². The molecule has 0 bridgehead atoms. The van der Waals surface area contributed by atoms with E-state index in [9.17, 15) is 9.18 Å². The van der Waals surface area contributed by atoms with Crippen molar-refractivity contribution in [2.24, 2.45) is 5.73 Å². The van der Waals surface area contributed by atoms with Crippen molar-refractivity contribution < 1.29 is 14.0 Å². The molecule has 1 aliphatic rings. The highest BCUT2D eigenvalue weighted by Crippen LogP contribution is 2.25. The van der Waals surface area contributed by atoms with E-state index in [4.69, 9.17) is 16.0 Å². The van der Waals surface area contributed by atoms with Crippen LogP contribution in [0.3, 0.4) is 0 Å². The molecule has 0 aliphatic carbocycles. The minimum absolute atomic E-state index is 0.0421. The number of nitrogens with zero attached hydrogens (tertiary/aromatic N) is 1. The minimum Gasteiger partial charge on any atom is -0.402 e. The molecule has 106 valence electrons. The summed E-state index contributed by atoms with van der Waals surface area (Å²) >= 11 is 0. The monoisotopic (exact) mass is 278 g/mol. The first-order valence-electron chi connectivity index (χ1n) is 5.90. The number of nitrogens with two attached hydrogens (primary N) is 1. The van der Waals surface area contributed by atoms with Gasteiger partial charge in [0.25, 0.3) is 5.91 Å². The highest BCUT2D eigenvalue weighted by atomic mass is 19.1. The molecule has 1 amide bonds. The number of primary amides is 1. The molecular formula is C13H15FN4O2. The lowest BCUT2D eigenvalue weighted by atomic mass is 10.0. The van der Waals surface area contributed by atoms with Gasteiger partial charge in [0.15, 0.2) is 0 Å². The smallest absolute Gasteiger partial charge is 0.286 e. The Morgan fingerprint density at radius 3 is 2.70 bits per heavy atom. The Bertz CT molecular complexity index is 598. The van der Waals surface area contributed by atoms with Gasteiger partial charge in [-0.3, -0.25) is 10.2 Å². The molecule has 0 fully saturated rings. The first-order chi connectivity index (χ1) is 9.40. The molecule has 1 atom stereocenters. The van der Waals surface area contributed by atoms with E-state index in [-0.39, 0.29) is 11.6 Å². The number of hydrogen-bond acceptors (Lipinski definition) is 4. The van der Waals surface area contributed by atoms with Crippen LogP contribution in [0.2, 0.25) is 0 Å².